The van der Waals surface area contributed by atoms with Gasteiger partial charge in [-0.25, -0.2) is 0 Å². The van der Waals surface area contributed by atoms with Gasteiger partial charge >= 0.3 is 0 Å². The molecule has 0 bridgehead atoms. The highest BCUT2D eigenvalue weighted by molar-refractivity contribution is 5.40. The Kier molecular flexibility index (Phi) is 5.48. The fourth-order valence-corrected chi connectivity index (χ4v) is 2.03. The van der Waals surface area contributed by atoms with E-state index < -0.39 is 0 Å². The Labute approximate surface area is 114 Å². The molecule has 0 aliphatic carbocycles. The molecule has 1 aliphatic rings. The van der Waals surface area contributed by atoms with E-state index in [1.807, 2.05) is 18.2 Å². The maximum atomic E-state index is 9.33. The van der Waals surface area contributed by atoms with Gasteiger partial charge in [-0.05, 0) is 25.0 Å². The molecule has 1 aromatic carbocycles. The number of hydrogen-bond donors (Lipinski definition) is 1. The highest BCUT2D eigenvalue weighted by Crippen LogP contribution is 2.26. The SMILES string of the molecule is CCCOc1ccc(CO)c(OCC2CCOC2)c1. The van der Waals surface area contributed by atoms with Gasteiger partial charge in [0, 0.05) is 24.2 Å². The Hall–Kier alpha value is -1.26. The smallest absolute Gasteiger partial charge is 0.128 e. The second-order valence-electron chi connectivity index (χ2n) is 4.82. The molecule has 0 radical (unpaired) electrons. The molecule has 1 atom stereocenters. The van der Waals surface area contributed by atoms with Gasteiger partial charge in [-0.2, -0.15) is 0 Å². The van der Waals surface area contributed by atoms with Crippen molar-refractivity contribution in [3.63, 3.8) is 0 Å². The lowest BCUT2D eigenvalue weighted by molar-refractivity contribution is 0.165. The topological polar surface area (TPSA) is 47.9 Å². The first kappa shape index (κ1) is 14.2. The van der Waals surface area contributed by atoms with E-state index in [4.69, 9.17) is 14.2 Å². The van der Waals surface area contributed by atoms with Crippen molar-refractivity contribution in [2.75, 3.05) is 26.4 Å². The quantitative estimate of drug-likeness (QED) is 0.823. The Morgan fingerprint density at radius 2 is 2.26 bits per heavy atom. The predicted octanol–water partition coefficient (Wildman–Crippen LogP) is 2.38. The standard InChI is InChI=1S/C15H22O4/c1-2-6-18-14-4-3-13(9-16)15(8-14)19-11-12-5-7-17-10-12/h3-4,8,12,16H,2,5-7,9-11H2,1H3. The first-order valence-electron chi connectivity index (χ1n) is 6.90. The summed E-state index contributed by atoms with van der Waals surface area (Å²) in [7, 11) is 0. The van der Waals surface area contributed by atoms with Crippen LogP contribution in [-0.2, 0) is 11.3 Å². The van der Waals surface area contributed by atoms with Crippen LogP contribution in [0.25, 0.3) is 0 Å². The highest BCUT2D eigenvalue weighted by atomic mass is 16.5. The van der Waals surface area contributed by atoms with E-state index in [0.29, 0.717) is 24.9 Å². The minimum Gasteiger partial charge on any atom is -0.493 e. The van der Waals surface area contributed by atoms with Gasteiger partial charge in [0.25, 0.3) is 0 Å². The average molecular weight is 266 g/mol. The van der Waals surface area contributed by atoms with Crippen molar-refractivity contribution < 1.29 is 19.3 Å². The molecule has 1 fully saturated rings. The van der Waals surface area contributed by atoms with Crippen LogP contribution < -0.4 is 9.47 Å². The van der Waals surface area contributed by atoms with Crippen molar-refractivity contribution in [1.29, 1.82) is 0 Å². The van der Waals surface area contributed by atoms with Crippen LogP contribution >= 0.6 is 0 Å². The van der Waals surface area contributed by atoms with Gasteiger partial charge in [-0.15, -0.1) is 0 Å². The summed E-state index contributed by atoms with van der Waals surface area (Å²) in [6.45, 7) is 4.95. The molecule has 1 aliphatic heterocycles. The van der Waals surface area contributed by atoms with Gasteiger partial charge < -0.3 is 19.3 Å². The minimum atomic E-state index is -0.0233. The molecule has 0 saturated carbocycles. The van der Waals surface area contributed by atoms with Crippen LogP contribution in [0.3, 0.4) is 0 Å². The van der Waals surface area contributed by atoms with Crippen LogP contribution in [0.4, 0.5) is 0 Å². The van der Waals surface area contributed by atoms with Gasteiger partial charge in [0.15, 0.2) is 0 Å². The summed E-state index contributed by atoms with van der Waals surface area (Å²) in [4.78, 5) is 0. The summed E-state index contributed by atoms with van der Waals surface area (Å²) < 4.78 is 16.7. The Balaban J connectivity index is 1.98. The number of benzene rings is 1. The van der Waals surface area contributed by atoms with Gasteiger partial charge in [-0.1, -0.05) is 6.92 Å². The predicted molar refractivity (Wildman–Crippen MR) is 72.6 cm³/mol. The number of aliphatic hydroxyl groups excluding tert-OH is 1. The van der Waals surface area contributed by atoms with Crippen molar-refractivity contribution in [1.82, 2.24) is 0 Å². The Morgan fingerprint density at radius 1 is 1.37 bits per heavy atom. The third-order valence-corrected chi connectivity index (χ3v) is 3.18. The van der Waals surface area contributed by atoms with Gasteiger partial charge in [0.1, 0.15) is 11.5 Å². The number of hydrogen-bond acceptors (Lipinski definition) is 4. The molecule has 4 heteroatoms. The Bertz CT molecular complexity index is 386. The third-order valence-electron chi connectivity index (χ3n) is 3.18. The van der Waals surface area contributed by atoms with Gasteiger partial charge in [0.05, 0.1) is 26.4 Å². The summed E-state index contributed by atoms with van der Waals surface area (Å²) in [6.07, 6.45) is 2.01. The lowest BCUT2D eigenvalue weighted by Gasteiger charge is -2.14. The molecule has 1 heterocycles. The lowest BCUT2D eigenvalue weighted by atomic mass is 10.1. The largest absolute Gasteiger partial charge is 0.493 e. The molecule has 19 heavy (non-hydrogen) atoms. The maximum absolute atomic E-state index is 9.33. The second-order valence-corrected chi connectivity index (χ2v) is 4.82. The molecule has 1 aromatic rings. The Morgan fingerprint density at radius 3 is 2.95 bits per heavy atom. The molecule has 0 aromatic heterocycles. The number of aliphatic hydroxyl groups is 1. The maximum Gasteiger partial charge on any atom is 0.128 e. The summed E-state index contributed by atoms with van der Waals surface area (Å²) in [5.74, 6) is 1.95. The monoisotopic (exact) mass is 266 g/mol. The number of rotatable bonds is 7. The van der Waals surface area contributed by atoms with E-state index in [2.05, 4.69) is 6.92 Å². The van der Waals surface area contributed by atoms with E-state index in [-0.39, 0.29) is 6.61 Å². The van der Waals surface area contributed by atoms with E-state index in [1.54, 1.807) is 0 Å². The zero-order valence-electron chi connectivity index (χ0n) is 11.4. The summed E-state index contributed by atoms with van der Waals surface area (Å²) in [5, 5.41) is 9.33. The fraction of sp³-hybridized carbons (Fsp3) is 0.600. The van der Waals surface area contributed by atoms with Crippen LogP contribution in [0, 0.1) is 5.92 Å². The molecule has 4 nitrogen and oxygen atoms in total. The summed E-state index contributed by atoms with van der Waals surface area (Å²) in [6, 6.07) is 5.58. The van der Waals surface area contributed by atoms with Gasteiger partial charge in [0.2, 0.25) is 0 Å². The fourth-order valence-electron chi connectivity index (χ4n) is 2.03. The van der Waals surface area contributed by atoms with Gasteiger partial charge in [-0.3, -0.25) is 0 Å². The first-order chi connectivity index (χ1) is 9.33. The van der Waals surface area contributed by atoms with Crippen LogP contribution in [0.1, 0.15) is 25.3 Å². The first-order valence-corrected chi connectivity index (χ1v) is 6.90. The summed E-state index contributed by atoms with van der Waals surface area (Å²) >= 11 is 0. The van der Waals surface area contributed by atoms with E-state index in [9.17, 15) is 5.11 Å². The molecule has 1 unspecified atom stereocenters. The molecule has 0 spiro atoms. The third kappa shape index (κ3) is 4.11. The zero-order chi connectivity index (χ0) is 13.5. The van der Waals surface area contributed by atoms with Crippen molar-refractivity contribution in [2.24, 2.45) is 5.92 Å². The van der Waals surface area contributed by atoms with E-state index >= 15 is 0 Å². The van der Waals surface area contributed by atoms with Crippen LogP contribution in [0.2, 0.25) is 0 Å². The van der Waals surface area contributed by atoms with Crippen molar-refractivity contribution >= 4 is 0 Å². The molecule has 0 amide bonds. The van der Waals surface area contributed by atoms with Crippen molar-refractivity contribution in [2.45, 2.75) is 26.4 Å². The van der Waals surface area contributed by atoms with Crippen LogP contribution in [0.5, 0.6) is 11.5 Å². The molecule has 2 rings (SSSR count). The normalized spacial score (nSPS) is 18.5. The van der Waals surface area contributed by atoms with E-state index in [0.717, 1.165) is 37.4 Å². The zero-order valence-corrected chi connectivity index (χ0v) is 11.4. The minimum absolute atomic E-state index is 0.0233. The summed E-state index contributed by atoms with van der Waals surface area (Å²) in [5.41, 5.74) is 0.794. The van der Waals surface area contributed by atoms with Crippen molar-refractivity contribution in [3.05, 3.63) is 23.8 Å². The molecular weight excluding hydrogens is 244 g/mol. The number of ether oxygens (including phenoxy) is 3. The molecular formula is C15H22O4. The molecule has 106 valence electrons. The lowest BCUT2D eigenvalue weighted by Crippen LogP contribution is -2.12. The molecule has 1 saturated heterocycles. The second kappa shape index (κ2) is 7.36. The van der Waals surface area contributed by atoms with E-state index in [1.165, 1.54) is 0 Å². The highest BCUT2D eigenvalue weighted by Gasteiger charge is 2.17. The van der Waals surface area contributed by atoms with Crippen LogP contribution in [0.15, 0.2) is 18.2 Å². The van der Waals surface area contributed by atoms with Crippen molar-refractivity contribution in [3.8, 4) is 11.5 Å². The molecule has 1 N–H and O–H groups in total. The average Bonchev–Trinajstić information content (AvgIpc) is 2.96. The van der Waals surface area contributed by atoms with Crippen LogP contribution in [-0.4, -0.2) is 31.5 Å².